The zero-order valence-corrected chi connectivity index (χ0v) is 15.5. The van der Waals surface area contributed by atoms with Crippen molar-refractivity contribution in [3.8, 4) is 5.88 Å². The molecule has 1 N–H and O–H groups in total. The third-order valence-electron chi connectivity index (χ3n) is 4.46. The van der Waals surface area contributed by atoms with Gasteiger partial charge in [0, 0.05) is 37.1 Å². The maximum atomic E-state index is 12.4. The van der Waals surface area contributed by atoms with E-state index in [4.69, 9.17) is 9.26 Å². The fourth-order valence-corrected chi connectivity index (χ4v) is 3.10. The zero-order chi connectivity index (χ0) is 18.5. The Labute approximate surface area is 152 Å². The Balaban J connectivity index is 1.58. The second-order valence-corrected chi connectivity index (χ2v) is 6.51. The van der Waals surface area contributed by atoms with E-state index in [1.165, 1.54) is 0 Å². The molecule has 3 heterocycles. The smallest absolute Gasteiger partial charge is 0.257 e. The minimum atomic E-state index is -0.0205. The van der Waals surface area contributed by atoms with Gasteiger partial charge in [0.1, 0.15) is 5.76 Å². The molecule has 0 radical (unpaired) electrons. The van der Waals surface area contributed by atoms with Gasteiger partial charge in [-0.3, -0.25) is 4.79 Å². The highest BCUT2D eigenvalue weighted by Crippen LogP contribution is 2.26. The number of rotatable bonds is 7. The van der Waals surface area contributed by atoms with Crippen molar-refractivity contribution in [1.29, 1.82) is 0 Å². The summed E-state index contributed by atoms with van der Waals surface area (Å²) in [6.45, 7) is 7.83. The van der Waals surface area contributed by atoms with Gasteiger partial charge in [0.05, 0.1) is 18.7 Å². The van der Waals surface area contributed by atoms with Crippen LogP contribution in [0.25, 0.3) is 0 Å². The van der Waals surface area contributed by atoms with E-state index in [0.717, 1.165) is 36.5 Å². The van der Waals surface area contributed by atoms with E-state index in [-0.39, 0.29) is 18.4 Å². The summed E-state index contributed by atoms with van der Waals surface area (Å²) >= 11 is 0. The minimum absolute atomic E-state index is 0.0205. The average molecular weight is 359 g/mol. The molecule has 1 atom stereocenters. The standard InChI is InChI=1S/C18H25N5O3/c1-4-9-25-18-17(19-6-7-20-18)23-8-5-14(11-23)21-16(24)10-15-12(2)22-26-13(15)3/h6-7,14H,4-5,8-11H2,1-3H3,(H,21,24)/t14-/m0/s1. The van der Waals surface area contributed by atoms with Crippen LogP contribution in [0.2, 0.25) is 0 Å². The molecule has 8 heteroatoms. The van der Waals surface area contributed by atoms with Crippen LogP contribution in [0, 0.1) is 13.8 Å². The van der Waals surface area contributed by atoms with E-state index < -0.39 is 0 Å². The van der Waals surface area contributed by atoms with Crippen molar-refractivity contribution < 1.29 is 14.1 Å². The number of hydrogen-bond acceptors (Lipinski definition) is 7. The fourth-order valence-electron chi connectivity index (χ4n) is 3.10. The number of aryl methyl sites for hydroxylation is 2. The molecular formula is C18H25N5O3. The lowest BCUT2D eigenvalue weighted by molar-refractivity contribution is -0.121. The van der Waals surface area contributed by atoms with Gasteiger partial charge in [0.15, 0.2) is 5.82 Å². The Bertz CT molecular complexity index is 742. The summed E-state index contributed by atoms with van der Waals surface area (Å²) in [5.74, 6) is 1.97. The first-order chi connectivity index (χ1) is 12.6. The second-order valence-electron chi connectivity index (χ2n) is 6.51. The number of nitrogens with zero attached hydrogens (tertiary/aromatic N) is 4. The van der Waals surface area contributed by atoms with Gasteiger partial charge in [0.2, 0.25) is 5.91 Å². The summed E-state index contributed by atoms with van der Waals surface area (Å²) in [5.41, 5.74) is 1.63. The van der Waals surface area contributed by atoms with Gasteiger partial charge in [-0.1, -0.05) is 12.1 Å². The monoisotopic (exact) mass is 359 g/mol. The summed E-state index contributed by atoms with van der Waals surface area (Å²) in [6.07, 6.45) is 5.35. The number of hydrogen-bond donors (Lipinski definition) is 1. The lowest BCUT2D eigenvalue weighted by Gasteiger charge is -2.20. The van der Waals surface area contributed by atoms with Gasteiger partial charge in [-0.25, -0.2) is 9.97 Å². The van der Waals surface area contributed by atoms with Gasteiger partial charge in [0.25, 0.3) is 5.88 Å². The van der Waals surface area contributed by atoms with Crippen molar-refractivity contribution in [2.24, 2.45) is 0 Å². The predicted octanol–water partition coefficient (Wildman–Crippen LogP) is 1.81. The Morgan fingerprint density at radius 3 is 2.92 bits per heavy atom. The highest BCUT2D eigenvalue weighted by molar-refractivity contribution is 5.79. The van der Waals surface area contributed by atoms with Crippen LogP contribution in [0.1, 0.15) is 36.8 Å². The maximum Gasteiger partial charge on any atom is 0.257 e. The van der Waals surface area contributed by atoms with Crippen LogP contribution in [0.5, 0.6) is 5.88 Å². The molecule has 0 bridgehead atoms. The average Bonchev–Trinajstić information content (AvgIpc) is 3.22. The Morgan fingerprint density at radius 1 is 1.38 bits per heavy atom. The Morgan fingerprint density at radius 2 is 2.19 bits per heavy atom. The quantitative estimate of drug-likeness (QED) is 0.806. The van der Waals surface area contributed by atoms with Gasteiger partial charge < -0.3 is 19.5 Å². The molecule has 140 valence electrons. The number of nitrogens with one attached hydrogen (secondary N) is 1. The van der Waals surface area contributed by atoms with Crippen LogP contribution in [-0.4, -0.2) is 46.8 Å². The number of anilines is 1. The molecule has 8 nitrogen and oxygen atoms in total. The topological polar surface area (TPSA) is 93.4 Å². The lowest BCUT2D eigenvalue weighted by Crippen LogP contribution is -2.38. The SMILES string of the molecule is CCCOc1nccnc1N1CC[C@H](NC(=O)Cc2c(C)noc2C)C1. The first-order valence-electron chi connectivity index (χ1n) is 8.98. The molecule has 0 spiro atoms. The number of aromatic nitrogens is 3. The van der Waals surface area contributed by atoms with Crippen LogP contribution < -0.4 is 15.0 Å². The Kier molecular flexibility index (Phi) is 5.70. The molecule has 0 aliphatic carbocycles. The largest absolute Gasteiger partial charge is 0.475 e. The molecule has 26 heavy (non-hydrogen) atoms. The van der Waals surface area contributed by atoms with E-state index in [1.807, 2.05) is 13.8 Å². The molecule has 1 saturated heterocycles. The molecule has 2 aromatic rings. The number of amides is 1. The molecule has 2 aromatic heterocycles. The van der Waals surface area contributed by atoms with Crippen molar-refractivity contribution in [3.63, 3.8) is 0 Å². The third-order valence-corrected chi connectivity index (χ3v) is 4.46. The van der Waals surface area contributed by atoms with Crippen molar-refractivity contribution in [2.45, 2.75) is 46.1 Å². The molecule has 0 unspecified atom stereocenters. The minimum Gasteiger partial charge on any atom is -0.475 e. The normalized spacial score (nSPS) is 16.7. The summed E-state index contributed by atoms with van der Waals surface area (Å²) in [5, 5.41) is 6.99. The van der Waals surface area contributed by atoms with Gasteiger partial charge in [-0.2, -0.15) is 0 Å². The van der Waals surface area contributed by atoms with E-state index >= 15 is 0 Å². The van der Waals surface area contributed by atoms with E-state index in [0.29, 0.717) is 24.8 Å². The van der Waals surface area contributed by atoms with Gasteiger partial charge in [-0.15, -0.1) is 0 Å². The van der Waals surface area contributed by atoms with E-state index in [9.17, 15) is 4.79 Å². The summed E-state index contributed by atoms with van der Waals surface area (Å²) in [6, 6.07) is 0.0732. The molecule has 3 rings (SSSR count). The number of ether oxygens (including phenoxy) is 1. The van der Waals surface area contributed by atoms with Crippen LogP contribution in [-0.2, 0) is 11.2 Å². The molecule has 1 aliphatic heterocycles. The molecule has 0 saturated carbocycles. The first-order valence-corrected chi connectivity index (χ1v) is 8.98. The van der Waals surface area contributed by atoms with Crippen molar-refractivity contribution in [1.82, 2.24) is 20.4 Å². The van der Waals surface area contributed by atoms with Crippen LogP contribution in [0.4, 0.5) is 5.82 Å². The summed E-state index contributed by atoms with van der Waals surface area (Å²) in [4.78, 5) is 23.2. The molecule has 1 amide bonds. The summed E-state index contributed by atoms with van der Waals surface area (Å²) in [7, 11) is 0. The maximum absolute atomic E-state index is 12.4. The highest BCUT2D eigenvalue weighted by atomic mass is 16.5. The van der Waals surface area contributed by atoms with Gasteiger partial charge in [-0.05, 0) is 26.7 Å². The van der Waals surface area contributed by atoms with E-state index in [2.05, 4.69) is 32.3 Å². The van der Waals surface area contributed by atoms with Crippen molar-refractivity contribution in [2.75, 3.05) is 24.6 Å². The Hall–Kier alpha value is -2.64. The van der Waals surface area contributed by atoms with Crippen LogP contribution in [0.3, 0.4) is 0 Å². The molecule has 0 aromatic carbocycles. The fraction of sp³-hybridized carbons (Fsp3) is 0.556. The first kappa shape index (κ1) is 18.2. The van der Waals surface area contributed by atoms with Gasteiger partial charge >= 0.3 is 0 Å². The number of carbonyl (C=O) groups excluding carboxylic acids is 1. The zero-order valence-electron chi connectivity index (χ0n) is 15.5. The van der Waals surface area contributed by atoms with Crippen molar-refractivity contribution in [3.05, 3.63) is 29.4 Å². The van der Waals surface area contributed by atoms with Crippen LogP contribution >= 0.6 is 0 Å². The molecule has 1 fully saturated rings. The highest BCUT2D eigenvalue weighted by Gasteiger charge is 2.27. The van der Waals surface area contributed by atoms with Crippen LogP contribution in [0.15, 0.2) is 16.9 Å². The molecular weight excluding hydrogens is 334 g/mol. The third kappa shape index (κ3) is 4.12. The molecule has 1 aliphatic rings. The predicted molar refractivity (Wildman–Crippen MR) is 96.3 cm³/mol. The van der Waals surface area contributed by atoms with Crippen molar-refractivity contribution >= 4 is 11.7 Å². The second kappa shape index (κ2) is 8.16. The van der Waals surface area contributed by atoms with E-state index in [1.54, 1.807) is 12.4 Å². The number of carbonyl (C=O) groups is 1. The summed E-state index contributed by atoms with van der Waals surface area (Å²) < 4.78 is 10.8. The lowest BCUT2D eigenvalue weighted by atomic mass is 10.1.